The first-order valence-corrected chi connectivity index (χ1v) is 6.84. The van der Waals surface area contributed by atoms with E-state index in [1.54, 1.807) is 11.8 Å². The van der Waals surface area contributed by atoms with Crippen LogP contribution in [-0.4, -0.2) is 16.8 Å². The number of hydrogen-bond acceptors (Lipinski definition) is 2. The number of carbonyl (C=O) groups excluding carboxylic acids is 1. The molecule has 84 valence electrons. The van der Waals surface area contributed by atoms with Crippen LogP contribution < -0.4 is 0 Å². The van der Waals surface area contributed by atoms with Gasteiger partial charge in [0.2, 0.25) is 0 Å². The molecule has 1 atom stereocenters. The van der Waals surface area contributed by atoms with E-state index < -0.39 is 0 Å². The van der Waals surface area contributed by atoms with Gasteiger partial charge in [-0.05, 0) is 43.6 Å². The summed E-state index contributed by atoms with van der Waals surface area (Å²) in [5, 5.41) is 0. The summed E-state index contributed by atoms with van der Waals surface area (Å²) in [6, 6.07) is 0. The van der Waals surface area contributed by atoms with Crippen molar-refractivity contribution in [1.29, 1.82) is 0 Å². The van der Waals surface area contributed by atoms with Crippen LogP contribution in [0.25, 0.3) is 0 Å². The van der Waals surface area contributed by atoms with E-state index in [9.17, 15) is 4.79 Å². The molecule has 0 N–H and O–H groups in total. The Labute approximate surface area is 97.0 Å². The molecule has 1 rings (SSSR count). The van der Waals surface area contributed by atoms with Gasteiger partial charge in [0.25, 0.3) is 0 Å². The minimum Gasteiger partial charge on any atom is -0.301 e. The zero-order chi connectivity index (χ0) is 11.0. The fourth-order valence-corrected chi connectivity index (χ4v) is 2.88. The van der Waals surface area contributed by atoms with Crippen molar-refractivity contribution in [3.05, 3.63) is 17.9 Å². The molecule has 0 saturated carbocycles. The molecule has 0 bridgehead atoms. The van der Waals surface area contributed by atoms with Crippen molar-refractivity contribution >= 4 is 18.0 Å². The molecule has 0 aliphatic carbocycles. The van der Waals surface area contributed by atoms with Crippen molar-refractivity contribution in [2.45, 2.75) is 50.2 Å². The van der Waals surface area contributed by atoms with Gasteiger partial charge in [-0.1, -0.05) is 19.8 Å². The maximum atomic E-state index is 11.0. The topological polar surface area (TPSA) is 17.1 Å². The van der Waals surface area contributed by atoms with E-state index in [1.807, 2.05) is 6.08 Å². The van der Waals surface area contributed by atoms with E-state index >= 15 is 0 Å². The molecule has 0 amide bonds. The Hall–Kier alpha value is -0.460. The van der Waals surface area contributed by atoms with Crippen molar-refractivity contribution in [2.24, 2.45) is 0 Å². The lowest BCUT2D eigenvalue weighted by Crippen LogP contribution is -2.18. The summed E-state index contributed by atoms with van der Waals surface area (Å²) in [5.41, 5.74) is 3.18. The third kappa shape index (κ3) is 4.27. The first-order chi connectivity index (χ1) is 7.33. The van der Waals surface area contributed by atoms with Crippen LogP contribution in [0.5, 0.6) is 0 Å². The molecule has 1 aliphatic heterocycles. The second-order valence-corrected chi connectivity index (χ2v) is 5.49. The SMILES string of the molecule is CCCCCC=C=CC1(C=O)CCCS1. The van der Waals surface area contributed by atoms with Crippen molar-refractivity contribution in [3.8, 4) is 0 Å². The Bertz CT molecular complexity index is 245. The number of rotatable bonds is 6. The highest BCUT2D eigenvalue weighted by molar-refractivity contribution is 8.01. The Kier molecular flexibility index (Phi) is 5.82. The number of hydrogen-bond donors (Lipinski definition) is 0. The van der Waals surface area contributed by atoms with Gasteiger partial charge in [0.05, 0.1) is 4.75 Å². The molecule has 1 aliphatic rings. The van der Waals surface area contributed by atoms with Crippen LogP contribution in [0.2, 0.25) is 0 Å². The molecule has 0 radical (unpaired) electrons. The maximum absolute atomic E-state index is 11.0. The first-order valence-electron chi connectivity index (χ1n) is 5.85. The third-order valence-corrected chi connectivity index (χ3v) is 4.13. The van der Waals surface area contributed by atoms with Gasteiger partial charge in [-0.2, -0.15) is 0 Å². The molecule has 1 fully saturated rings. The van der Waals surface area contributed by atoms with Gasteiger partial charge >= 0.3 is 0 Å². The summed E-state index contributed by atoms with van der Waals surface area (Å²) in [6.45, 7) is 2.20. The highest BCUT2D eigenvalue weighted by Crippen LogP contribution is 2.37. The van der Waals surface area contributed by atoms with Gasteiger partial charge < -0.3 is 4.79 Å². The molecule has 15 heavy (non-hydrogen) atoms. The van der Waals surface area contributed by atoms with Crippen LogP contribution in [0.1, 0.15) is 45.4 Å². The third-order valence-electron chi connectivity index (χ3n) is 2.68. The molecule has 0 aromatic heterocycles. The van der Waals surface area contributed by atoms with E-state index in [1.165, 1.54) is 19.3 Å². The van der Waals surface area contributed by atoms with E-state index in [2.05, 4.69) is 18.7 Å². The monoisotopic (exact) mass is 224 g/mol. The van der Waals surface area contributed by atoms with E-state index in [0.29, 0.717) is 0 Å². The van der Waals surface area contributed by atoms with Crippen molar-refractivity contribution < 1.29 is 4.79 Å². The first kappa shape index (κ1) is 12.6. The molecule has 1 heterocycles. The van der Waals surface area contributed by atoms with Crippen LogP contribution >= 0.6 is 11.8 Å². The van der Waals surface area contributed by atoms with Crippen LogP contribution in [-0.2, 0) is 4.79 Å². The summed E-state index contributed by atoms with van der Waals surface area (Å²) in [7, 11) is 0. The predicted molar refractivity (Wildman–Crippen MR) is 67.3 cm³/mol. The second-order valence-electron chi connectivity index (χ2n) is 4.04. The smallest absolute Gasteiger partial charge is 0.140 e. The van der Waals surface area contributed by atoms with Crippen molar-refractivity contribution in [2.75, 3.05) is 5.75 Å². The number of thioether (sulfide) groups is 1. The number of carbonyl (C=O) groups is 1. The predicted octanol–water partition coefficient (Wildman–Crippen LogP) is 3.74. The Morgan fingerprint density at radius 3 is 2.93 bits per heavy atom. The van der Waals surface area contributed by atoms with Gasteiger partial charge in [-0.15, -0.1) is 17.5 Å². The molecule has 0 aromatic carbocycles. The minimum atomic E-state index is -0.249. The molecular weight excluding hydrogens is 204 g/mol. The van der Waals surface area contributed by atoms with Gasteiger partial charge in [0.15, 0.2) is 0 Å². The number of aldehydes is 1. The Morgan fingerprint density at radius 2 is 2.33 bits per heavy atom. The highest BCUT2D eigenvalue weighted by Gasteiger charge is 2.31. The molecule has 2 heteroatoms. The van der Waals surface area contributed by atoms with Crippen LogP contribution in [0, 0.1) is 0 Å². The van der Waals surface area contributed by atoms with Gasteiger partial charge in [0.1, 0.15) is 6.29 Å². The van der Waals surface area contributed by atoms with Crippen LogP contribution in [0.15, 0.2) is 17.9 Å². The standard InChI is InChI=1S/C13H20OS/c1-2-3-4-5-6-7-9-13(12-14)10-8-11-15-13/h6,9,12H,2-5,8,10-11H2,1H3. The highest BCUT2D eigenvalue weighted by atomic mass is 32.2. The number of unbranched alkanes of at least 4 members (excludes halogenated alkanes) is 3. The zero-order valence-electron chi connectivity index (χ0n) is 9.50. The van der Waals surface area contributed by atoms with Crippen molar-refractivity contribution in [1.82, 2.24) is 0 Å². The lowest BCUT2D eigenvalue weighted by molar-refractivity contribution is -0.108. The molecule has 1 nitrogen and oxygen atoms in total. The molecule has 1 unspecified atom stereocenters. The molecule has 1 saturated heterocycles. The molecular formula is C13H20OS. The maximum Gasteiger partial charge on any atom is 0.140 e. The summed E-state index contributed by atoms with van der Waals surface area (Å²) in [5.74, 6) is 1.10. The van der Waals surface area contributed by atoms with E-state index in [4.69, 9.17) is 0 Å². The fraction of sp³-hybridized carbons (Fsp3) is 0.692. The minimum absolute atomic E-state index is 0.249. The normalized spacial score (nSPS) is 24.6. The second kappa shape index (κ2) is 6.92. The van der Waals surface area contributed by atoms with Gasteiger partial charge in [-0.3, -0.25) is 0 Å². The lowest BCUT2D eigenvalue weighted by atomic mass is 10.1. The average molecular weight is 224 g/mol. The molecule has 0 aromatic rings. The van der Waals surface area contributed by atoms with E-state index in [-0.39, 0.29) is 4.75 Å². The Morgan fingerprint density at radius 1 is 1.47 bits per heavy atom. The van der Waals surface area contributed by atoms with Gasteiger partial charge in [0, 0.05) is 0 Å². The van der Waals surface area contributed by atoms with Crippen LogP contribution in [0.3, 0.4) is 0 Å². The summed E-state index contributed by atoms with van der Waals surface area (Å²) >= 11 is 1.75. The van der Waals surface area contributed by atoms with Crippen LogP contribution in [0.4, 0.5) is 0 Å². The Balaban J connectivity index is 2.37. The zero-order valence-corrected chi connectivity index (χ0v) is 10.3. The lowest BCUT2D eigenvalue weighted by Gasteiger charge is -2.12. The summed E-state index contributed by atoms with van der Waals surface area (Å²) in [4.78, 5) is 11.0. The van der Waals surface area contributed by atoms with Crippen molar-refractivity contribution in [3.63, 3.8) is 0 Å². The molecule has 0 spiro atoms. The summed E-state index contributed by atoms with van der Waals surface area (Å²) in [6.07, 6.45) is 12.1. The average Bonchev–Trinajstić information content (AvgIpc) is 2.73. The quantitative estimate of drug-likeness (QED) is 0.388. The largest absolute Gasteiger partial charge is 0.301 e. The summed E-state index contributed by atoms with van der Waals surface area (Å²) < 4.78 is -0.249. The van der Waals surface area contributed by atoms with Gasteiger partial charge in [-0.25, -0.2) is 0 Å². The van der Waals surface area contributed by atoms with E-state index in [0.717, 1.165) is 31.3 Å². The fourth-order valence-electron chi connectivity index (χ4n) is 1.70.